The van der Waals surface area contributed by atoms with E-state index in [4.69, 9.17) is 27.5 Å². The molecule has 0 fully saturated rings. The molecular formula is C11H12ClF3N2O. The lowest BCUT2D eigenvalue weighted by Crippen LogP contribution is -2.39. The summed E-state index contributed by atoms with van der Waals surface area (Å²) in [7, 11) is 0. The Kier molecular flexibility index (Phi) is 4.45. The van der Waals surface area contributed by atoms with Crippen LogP contribution in [-0.4, -0.2) is 18.6 Å². The molecule has 0 saturated carbocycles. The fourth-order valence-corrected chi connectivity index (χ4v) is 1.54. The number of ether oxygens (including phenoxy) is 1. The molecule has 0 radical (unpaired) electrons. The SMILES string of the molecule is Cc1cc(Cl)ccc1OCC(C(=N)N)C(F)(F)F. The summed E-state index contributed by atoms with van der Waals surface area (Å²) >= 11 is 5.71. The molecule has 1 aromatic carbocycles. The second-order valence-corrected chi connectivity index (χ2v) is 4.21. The van der Waals surface area contributed by atoms with Crippen molar-refractivity contribution in [1.82, 2.24) is 0 Å². The smallest absolute Gasteiger partial charge is 0.401 e. The Morgan fingerprint density at radius 1 is 1.50 bits per heavy atom. The van der Waals surface area contributed by atoms with Crippen LogP contribution in [0.3, 0.4) is 0 Å². The first-order chi connectivity index (χ1) is 8.21. The van der Waals surface area contributed by atoms with Gasteiger partial charge in [0.2, 0.25) is 0 Å². The zero-order valence-electron chi connectivity index (χ0n) is 9.51. The minimum atomic E-state index is -4.59. The van der Waals surface area contributed by atoms with Gasteiger partial charge in [0.1, 0.15) is 24.1 Å². The first-order valence-electron chi connectivity index (χ1n) is 5.01. The van der Waals surface area contributed by atoms with Crippen molar-refractivity contribution in [3.05, 3.63) is 28.8 Å². The number of alkyl halides is 3. The largest absolute Gasteiger partial charge is 0.492 e. The predicted molar refractivity (Wildman–Crippen MR) is 63.1 cm³/mol. The maximum absolute atomic E-state index is 12.5. The van der Waals surface area contributed by atoms with Gasteiger partial charge in [-0.25, -0.2) is 0 Å². The highest BCUT2D eigenvalue weighted by atomic mass is 35.5. The fraction of sp³-hybridized carbons (Fsp3) is 0.364. The van der Waals surface area contributed by atoms with E-state index in [0.29, 0.717) is 10.6 Å². The second kappa shape index (κ2) is 5.48. The highest BCUT2D eigenvalue weighted by Gasteiger charge is 2.42. The quantitative estimate of drug-likeness (QED) is 0.657. The Morgan fingerprint density at radius 3 is 2.56 bits per heavy atom. The summed E-state index contributed by atoms with van der Waals surface area (Å²) in [4.78, 5) is 0. The molecule has 3 nitrogen and oxygen atoms in total. The monoisotopic (exact) mass is 280 g/mol. The van der Waals surface area contributed by atoms with Gasteiger partial charge in [-0.3, -0.25) is 5.41 Å². The average Bonchev–Trinajstić information content (AvgIpc) is 2.18. The van der Waals surface area contributed by atoms with E-state index >= 15 is 0 Å². The average molecular weight is 281 g/mol. The first-order valence-corrected chi connectivity index (χ1v) is 5.39. The Balaban J connectivity index is 2.77. The molecule has 0 aliphatic carbocycles. The number of nitrogens with two attached hydrogens (primary N) is 1. The minimum absolute atomic E-state index is 0.287. The topological polar surface area (TPSA) is 59.1 Å². The molecule has 0 aliphatic heterocycles. The molecule has 0 aliphatic rings. The summed E-state index contributed by atoms with van der Waals surface area (Å²) in [6, 6.07) is 4.57. The van der Waals surface area contributed by atoms with E-state index in [1.54, 1.807) is 13.0 Å². The number of halogens is 4. The van der Waals surface area contributed by atoms with E-state index in [2.05, 4.69) is 0 Å². The molecule has 3 N–H and O–H groups in total. The highest BCUT2D eigenvalue weighted by molar-refractivity contribution is 6.30. The van der Waals surface area contributed by atoms with Crippen molar-refractivity contribution in [2.75, 3.05) is 6.61 Å². The first kappa shape index (κ1) is 14.6. The lowest BCUT2D eigenvalue weighted by molar-refractivity contribution is -0.162. The van der Waals surface area contributed by atoms with Crippen molar-refractivity contribution in [3.63, 3.8) is 0 Å². The third-order valence-electron chi connectivity index (χ3n) is 2.31. The zero-order chi connectivity index (χ0) is 13.9. The van der Waals surface area contributed by atoms with E-state index in [-0.39, 0.29) is 5.75 Å². The van der Waals surface area contributed by atoms with E-state index in [1.807, 2.05) is 0 Å². The molecule has 1 unspecified atom stereocenters. The molecule has 100 valence electrons. The fourth-order valence-electron chi connectivity index (χ4n) is 1.31. The van der Waals surface area contributed by atoms with Gasteiger partial charge < -0.3 is 10.5 Å². The van der Waals surface area contributed by atoms with Crippen molar-refractivity contribution >= 4 is 17.4 Å². The third-order valence-corrected chi connectivity index (χ3v) is 2.55. The summed E-state index contributed by atoms with van der Waals surface area (Å²) in [5.74, 6) is -2.78. The van der Waals surface area contributed by atoms with Gasteiger partial charge >= 0.3 is 6.18 Å². The van der Waals surface area contributed by atoms with Crippen LogP contribution in [-0.2, 0) is 0 Å². The number of hydrogen-bond donors (Lipinski definition) is 2. The van der Waals surface area contributed by atoms with E-state index in [0.717, 1.165) is 0 Å². The third kappa shape index (κ3) is 3.80. The maximum atomic E-state index is 12.5. The second-order valence-electron chi connectivity index (χ2n) is 3.77. The highest BCUT2D eigenvalue weighted by Crippen LogP contribution is 2.28. The van der Waals surface area contributed by atoms with Crippen molar-refractivity contribution < 1.29 is 17.9 Å². The molecule has 18 heavy (non-hydrogen) atoms. The Bertz CT molecular complexity index is 448. The summed E-state index contributed by atoms with van der Waals surface area (Å²) in [6.07, 6.45) is -4.59. The zero-order valence-corrected chi connectivity index (χ0v) is 10.3. The van der Waals surface area contributed by atoms with Crippen LogP contribution in [0.2, 0.25) is 5.02 Å². The Morgan fingerprint density at radius 2 is 2.11 bits per heavy atom. The van der Waals surface area contributed by atoms with Gasteiger partial charge in [-0.05, 0) is 30.7 Å². The Labute approximate surface area is 107 Å². The van der Waals surface area contributed by atoms with Crippen LogP contribution in [0.1, 0.15) is 5.56 Å². The van der Waals surface area contributed by atoms with Crippen LogP contribution in [0.5, 0.6) is 5.75 Å². The summed E-state index contributed by atoms with van der Waals surface area (Å²) in [6.45, 7) is 0.943. The van der Waals surface area contributed by atoms with E-state index < -0.39 is 24.5 Å². The molecule has 0 bridgehead atoms. The van der Waals surface area contributed by atoms with Gasteiger partial charge in [0, 0.05) is 5.02 Å². The molecule has 0 amide bonds. The van der Waals surface area contributed by atoms with Gasteiger partial charge in [0.25, 0.3) is 0 Å². The molecule has 0 aromatic heterocycles. The van der Waals surface area contributed by atoms with Crippen molar-refractivity contribution in [3.8, 4) is 5.75 Å². The molecule has 1 aromatic rings. The van der Waals surface area contributed by atoms with Gasteiger partial charge in [-0.1, -0.05) is 11.6 Å². The number of benzene rings is 1. The minimum Gasteiger partial charge on any atom is -0.492 e. The van der Waals surface area contributed by atoms with Crippen molar-refractivity contribution in [1.29, 1.82) is 5.41 Å². The normalized spacial score (nSPS) is 13.2. The van der Waals surface area contributed by atoms with Crippen LogP contribution in [0.4, 0.5) is 13.2 Å². The number of nitrogens with one attached hydrogen (secondary N) is 1. The van der Waals surface area contributed by atoms with Gasteiger partial charge in [-0.2, -0.15) is 13.2 Å². The van der Waals surface area contributed by atoms with Crippen molar-refractivity contribution in [2.24, 2.45) is 11.7 Å². The predicted octanol–water partition coefficient (Wildman–Crippen LogP) is 3.14. The van der Waals surface area contributed by atoms with Gasteiger partial charge in [0.05, 0.1) is 0 Å². The van der Waals surface area contributed by atoms with Gasteiger partial charge in [0.15, 0.2) is 0 Å². The van der Waals surface area contributed by atoms with Crippen LogP contribution >= 0.6 is 11.6 Å². The number of aryl methyl sites for hydroxylation is 1. The molecule has 0 heterocycles. The lowest BCUT2D eigenvalue weighted by Gasteiger charge is -2.19. The molecule has 1 rings (SSSR count). The van der Waals surface area contributed by atoms with Gasteiger partial charge in [-0.15, -0.1) is 0 Å². The van der Waals surface area contributed by atoms with Crippen molar-refractivity contribution in [2.45, 2.75) is 13.1 Å². The molecular weight excluding hydrogens is 269 g/mol. The summed E-state index contributed by atoms with van der Waals surface area (Å²) in [5, 5.41) is 7.39. The lowest BCUT2D eigenvalue weighted by atomic mass is 10.1. The van der Waals surface area contributed by atoms with E-state index in [9.17, 15) is 13.2 Å². The number of rotatable bonds is 4. The van der Waals surface area contributed by atoms with Crippen LogP contribution in [0.25, 0.3) is 0 Å². The number of hydrogen-bond acceptors (Lipinski definition) is 2. The van der Waals surface area contributed by atoms with Crippen LogP contribution in [0.15, 0.2) is 18.2 Å². The van der Waals surface area contributed by atoms with Crippen LogP contribution in [0, 0.1) is 18.3 Å². The molecule has 7 heteroatoms. The molecule has 0 spiro atoms. The Hall–Kier alpha value is -1.43. The standard InChI is InChI=1S/C11H12ClF3N2O/c1-6-4-7(12)2-3-9(6)18-5-8(10(16)17)11(13,14)15/h2-4,8H,5H2,1H3,(H3,16,17). The summed E-state index contributed by atoms with van der Waals surface area (Å²) < 4.78 is 42.6. The molecule has 0 saturated heterocycles. The molecule has 1 atom stereocenters. The number of amidine groups is 1. The maximum Gasteiger partial charge on any atom is 0.401 e. The van der Waals surface area contributed by atoms with Crippen LogP contribution < -0.4 is 10.5 Å². The van der Waals surface area contributed by atoms with E-state index in [1.165, 1.54) is 12.1 Å². The summed E-state index contributed by atoms with van der Waals surface area (Å²) in [5.41, 5.74) is 5.53.